The molecule has 3 aromatic carbocycles. The van der Waals surface area contributed by atoms with Gasteiger partial charge in [0.25, 0.3) is 5.91 Å². The molecular formula is C24H25N2O3+. The Labute approximate surface area is 170 Å². The lowest BCUT2D eigenvalue weighted by Crippen LogP contribution is -2.92. The fourth-order valence-corrected chi connectivity index (χ4v) is 3.46. The summed E-state index contributed by atoms with van der Waals surface area (Å²) >= 11 is 0. The summed E-state index contributed by atoms with van der Waals surface area (Å²) in [5.74, 6) is 1.30. The normalized spacial score (nSPS) is 14.3. The summed E-state index contributed by atoms with van der Waals surface area (Å²) in [6.45, 7) is 4.21. The van der Waals surface area contributed by atoms with Gasteiger partial charge >= 0.3 is 0 Å². The molecule has 29 heavy (non-hydrogen) atoms. The second-order valence-corrected chi connectivity index (χ2v) is 7.34. The minimum atomic E-state index is -0.285. The van der Waals surface area contributed by atoms with Crippen molar-refractivity contribution in [3.05, 3.63) is 89.5 Å². The Hall–Kier alpha value is -3.31. The van der Waals surface area contributed by atoms with Crippen LogP contribution in [0.4, 0.5) is 5.69 Å². The van der Waals surface area contributed by atoms with Gasteiger partial charge in [-0.2, -0.15) is 0 Å². The third-order valence-corrected chi connectivity index (χ3v) is 5.13. The van der Waals surface area contributed by atoms with E-state index in [1.165, 1.54) is 16.7 Å². The van der Waals surface area contributed by atoms with Crippen molar-refractivity contribution in [3.8, 4) is 11.5 Å². The van der Waals surface area contributed by atoms with E-state index < -0.39 is 0 Å². The zero-order chi connectivity index (χ0) is 20.2. The Morgan fingerprint density at radius 2 is 1.62 bits per heavy atom. The van der Waals surface area contributed by atoms with E-state index in [2.05, 4.69) is 54.0 Å². The molecule has 0 bridgehead atoms. The van der Waals surface area contributed by atoms with Crippen molar-refractivity contribution in [2.24, 2.45) is 0 Å². The first kappa shape index (κ1) is 19.0. The van der Waals surface area contributed by atoms with Gasteiger partial charge in [-0.05, 0) is 26.0 Å². The van der Waals surface area contributed by atoms with Gasteiger partial charge < -0.3 is 20.1 Å². The maximum Gasteiger partial charge on any atom is 0.282 e. The molecule has 1 amide bonds. The summed E-state index contributed by atoms with van der Waals surface area (Å²) < 4.78 is 10.7. The van der Waals surface area contributed by atoms with E-state index in [0.717, 1.165) is 0 Å². The predicted molar refractivity (Wildman–Crippen MR) is 112 cm³/mol. The molecule has 0 unspecified atom stereocenters. The number of ether oxygens (including phenoxy) is 2. The predicted octanol–water partition coefficient (Wildman–Crippen LogP) is 3.40. The molecule has 2 atom stereocenters. The summed E-state index contributed by atoms with van der Waals surface area (Å²) in [5.41, 5.74) is 4.25. The Morgan fingerprint density at radius 3 is 2.38 bits per heavy atom. The first-order valence-corrected chi connectivity index (χ1v) is 9.77. The number of aryl methyl sites for hydroxylation is 1. The van der Waals surface area contributed by atoms with Gasteiger partial charge in [-0.1, -0.05) is 60.2 Å². The standard InChI is InChI=1S/C24H24N2O3/c1-16-8-10-19(11-9-16)23(18-6-4-3-5-7-18)25-17(2)24(27)26-20-12-13-21-22(14-20)29-15-28-21/h3-14,17,23,25H,15H2,1-2H3,(H,26,27)/p+1/t17-,23-/m1/s1. The highest BCUT2D eigenvalue weighted by atomic mass is 16.7. The largest absolute Gasteiger partial charge is 0.454 e. The number of hydrogen-bond donors (Lipinski definition) is 2. The van der Waals surface area contributed by atoms with Crippen LogP contribution in [0.1, 0.15) is 29.7 Å². The lowest BCUT2D eigenvalue weighted by molar-refractivity contribution is -0.704. The Kier molecular flexibility index (Phi) is 5.49. The van der Waals surface area contributed by atoms with E-state index in [-0.39, 0.29) is 24.8 Å². The van der Waals surface area contributed by atoms with E-state index in [1.807, 2.05) is 37.3 Å². The number of nitrogens with one attached hydrogen (secondary N) is 1. The number of carbonyl (C=O) groups excluding carboxylic acids is 1. The van der Waals surface area contributed by atoms with Crippen molar-refractivity contribution < 1.29 is 19.6 Å². The maximum atomic E-state index is 12.9. The summed E-state index contributed by atoms with van der Waals surface area (Å²) in [6.07, 6.45) is 0. The Bertz CT molecular complexity index is 987. The highest BCUT2D eigenvalue weighted by Crippen LogP contribution is 2.34. The molecular weight excluding hydrogens is 364 g/mol. The number of hydrogen-bond acceptors (Lipinski definition) is 3. The highest BCUT2D eigenvalue weighted by molar-refractivity contribution is 5.93. The Morgan fingerprint density at radius 1 is 0.931 bits per heavy atom. The Balaban J connectivity index is 1.50. The lowest BCUT2D eigenvalue weighted by atomic mass is 9.97. The van der Waals surface area contributed by atoms with Crippen LogP contribution in [0.5, 0.6) is 11.5 Å². The summed E-state index contributed by atoms with van der Waals surface area (Å²) in [4.78, 5) is 12.9. The molecule has 0 radical (unpaired) electrons. The first-order chi connectivity index (χ1) is 14.1. The zero-order valence-electron chi connectivity index (χ0n) is 16.6. The number of benzene rings is 3. The molecule has 0 saturated heterocycles. The fraction of sp³-hybridized carbons (Fsp3) is 0.208. The SMILES string of the molecule is Cc1ccc([C@H]([NH2+][C@H](C)C(=O)Nc2ccc3c(c2)OCO3)c2ccccc2)cc1. The van der Waals surface area contributed by atoms with E-state index in [9.17, 15) is 4.79 Å². The molecule has 0 spiro atoms. The van der Waals surface area contributed by atoms with Crippen LogP contribution in [0, 0.1) is 6.92 Å². The average molecular weight is 389 g/mol. The maximum absolute atomic E-state index is 12.9. The van der Waals surface area contributed by atoms with E-state index in [1.54, 1.807) is 6.07 Å². The van der Waals surface area contributed by atoms with Crippen LogP contribution in [-0.2, 0) is 4.79 Å². The molecule has 3 N–H and O–H groups in total. The molecule has 1 heterocycles. The van der Waals surface area contributed by atoms with Crippen molar-refractivity contribution in [2.75, 3.05) is 12.1 Å². The molecule has 0 fully saturated rings. The second kappa shape index (κ2) is 8.37. The van der Waals surface area contributed by atoms with Crippen LogP contribution in [0.15, 0.2) is 72.8 Å². The van der Waals surface area contributed by atoms with Crippen LogP contribution in [0.25, 0.3) is 0 Å². The lowest BCUT2D eigenvalue weighted by Gasteiger charge is -2.21. The minimum Gasteiger partial charge on any atom is -0.454 e. The second-order valence-electron chi connectivity index (χ2n) is 7.34. The molecule has 148 valence electrons. The van der Waals surface area contributed by atoms with Crippen LogP contribution < -0.4 is 20.1 Å². The molecule has 1 aliphatic heterocycles. The molecule has 1 aliphatic rings. The number of carbonyl (C=O) groups is 1. The number of nitrogens with two attached hydrogens (primary N) is 1. The fourth-order valence-electron chi connectivity index (χ4n) is 3.46. The van der Waals surface area contributed by atoms with Gasteiger partial charge in [0, 0.05) is 22.9 Å². The summed E-state index contributed by atoms with van der Waals surface area (Å²) in [7, 11) is 0. The number of amides is 1. The molecule has 4 rings (SSSR count). The van der Waals surface area contributed by atoms with Gasteiger partial charge in [0.2, 0.25) is 6.79 Å². The summed E-state index contributed by atoms with van der Waals surface area (Å²) in [5, 5.41) is 5.08. The van der Waals surface area contributed by atoms with Gasteiger partial charge in [0.1, 0.15) is 6.04 Å². The number of anilines is 1. The van der Waals surface area contributed by atoms with Gasteiger partial charge in [-0.3, -0.25) is 4.79 Å². The number of fused-ring (bicyclic) bond motifs is 1. The quantitative estimate of drug-likeness (QED) is 0.679. The van der Waals surface area contributed by atoms with Crippen LogP contribution in [0.3, 0.4) is 0 Å². The molecule has 0 aliphatic carbocycles. The van der Waals surface area contributed by atoms with Gasteiger partial charge in [-0.25, -0.2) is 0 Å². The number of rotatable bonds is 6. The van der Waals surface area contributed by atoms with Gasteiger partial charge in [0.05, 0.1) is 0 Å². The van der Waals surface area contributed by atoms with Gasteiger partial charge in [-0.15, -0.1) is 0 Å². The van der Waals surface area contributed by atoms with Crippen LogP contribution >= 0.6 is 0 Å². The van der Waals surface area contributed by atoms with E-state index in [4.69, 9.17) is 9.47 Å². The average Bonchev–Trinajstić information content (AvgIpc) is 3.21. The first-order valence-electron chi connectivity index (χ1n) is 9.77. The molecule has 0 aromatic heterocycles. The zero-order valence-corrected chi connectivity index (χ0v) is 16.6. The van der Waals surface area contributed by atoms with Crippen molar-refractivity contribution in [1.29, 1.82) is 0 Å². The van der Waals surface area contributed by atoms with Crippen LogP contribution in [-0.4, -0.2) is 18.7 Å². The van der Waals surface area contributed by atoms with Gasteiger partial charge in [0.15, 0.2) is 17.5 Å². The third-order valence-electron chi connectivity index (χ3n) is 5.13. The topological polar surface area (TPSA) is 64.2 Å². The smallest absolute Gasteiger partial charge is 0.282 e. The molecule has 3 aromatic rings. The third kappa shape index (κ3) is 4.41. The van der Waals surface area contributed by atoms with Crippen molar-refractivity contribution >= 4 is 11.6 Å². The van der Waals surface area contributed by atoms with Crippen LogP contribution in [0.2, 0.25) is 0 Å². The van der Waals surface area contributed by atoms with Crippen molar-refractivity contribution in [1.82, 2.24) is 0 Å². The van der Waals surface area contributed by atoms with Crippen molar-refractivity contribution in [3.63, 3.8) is 0 Å². The minimum absolute atomic E-state index is 0.0364. The molecule has 5 heteroatoms. The highest BCUT2D eigenvalue weighted by Gasteiger charge is 2.25. The monoisotopic (exact) mass is 389 g/mol. The summed E-state index contributed by atoms with van der Waals surface area (Å²) in [6, 6.07) is 23.9. The molecule has 5 nitrogen and oxygen atoms in total. The van der Waals surface area contributed by atoms with E-state index >= 15 is 0 Å². The molecule has 0 saturated carbocycles. The van der Waals surface area contributed by atoms with Crippen molar-refractivity contribution in [2.45, 2.75) is 25.9 Å². The number of quaternary nitrogens is 1. The van der Waals surface area contributed by atoms with E-state index in [0.29, 0.717) is 17.2 Å².